The third-order valence-electron chi connectivity index (χ3n) is 7.67. The van der Waals surface area contributed by atoms with E-state index in [4.69, 9.17) is 21.9 Å². The number of nitrogens with one attached hydrogen (secondary N) is 1. The lowest BCUT2D eigenvalue weighted by Crippen LogP contribution is -2.53. The summed E-state index contributed by atoms with van der Waals surface area (Å²) in [4.78, 5) is 46.1. The molecule has 0 radical (unpaired) electrons. The number of carbonyl (C=O) groups excluding carboxylic acids is 3. The number of nitrogen functional groups attached to an aromatic ring is 1. The predicted octanol–water partition coefficient (Wildman–Crippen LogP) is 2.15. The maximum absolute atomic E-state index is 14.0. The predicted molar refractivity (Wildman–Crippen MR) is 157 cm³/mol. The van der Waals surface area contributed by atoms with Gasteiger partial charge >= 0.3 is 0 Å². The van der Waals surface area contributed by atoms with Gasteiger partial charge in [0.05, 0.1) is 27.5 Å². The van der Waals surface area contributed by atoms with Crippen molar-refractivity contribution in [3.63, 3.8) is 0 Å². The Labute approximate surface area is 244 Å². The van der Waals surface area contributed by atoms with Gasteiger partial charge in [-0.15, -0.1) is 16.4 Å². The van der Waals surface area contributed by atoms with E-state index in [9.17, 15) is 14.4 Å². The zero-order valence-electron chi connectivity index (χ0n) is 22.4. The Kier molecular flexibility index (Phi) is 6.93. The quantitative estimate of drug-likeness (QED) is 0.193. The number of pyridine rings is 1. The minimum atomic E-state index is -1.70. The van der Waals surface area contributed by atoms with E-state index in [1.165, 1.54) is 29.8 Å². The van der Waals surface area contributed by atoms with Gasteiger partial charge in [-0.3, -0.25) is 19.4 Å². The van der Waals surface area contributed by atoms with Crippen molar-refractivity contribution in [2.75, 3.05) is 18.8 Å². The maximum Gasteiger partial charge on any atom is 0.262 e. The fourth-order valence-electron chi connectivity index (χ4n) is 5.63. The number of ether oxygens (including phenoxy) is 1. The second kappa shape index (κ2) is 10.6. The van der Waals surface area contributed by atoms with Crippen molar-refractivity contribution in [1.82, 2.24) is 25.4 Å². The van der Waals surface area contributed by atoms with Crippen molar-refractivity contribution in [2.24, 2.45) is 11.5 Å². The van der Waals surface area contributed by atoms with Crippen LogP contribution in [0.25, 0.3) is 10.1 Å². The van der Waals surface area contributed by atoms with Crippen LogP contribution in [0.4, 0.5) is 5.69 Å². The number of Topliss-reactive ketones (excluding diaryl/α,β-unsaturated/α-hetero) is 1. The van der Waals surface area contributed by atoms with Gasteiger partial charge in [-0.2, -0.15) is 5.10 Å². The minimum Gasteiger partial charge on any atom is -0.436 e. The molecule has 2 aliphatic rings. The SMILES string of the molecule is C=CC(=O)N1CCCC(NC(=O)c2sc3c(N)ccc4c3c2C(N)C(=O)C4(N)c2ccc(Oc3cccnn3)cn2)C1. The zero-order valence-corrected chi connectivity index (χ0v) is 23.3. The third kappa shape index (κ3) is 4.47. The number of thiophene rings is 1. The molecule has 1 fully saturated rings. The second-order valence-electron chi connectivity index (χ2n) is 10.2. The lowest BCUT2D eigenvalue weighted by molar-refractivity contribution is -0.127. The molecule has 2 amide bonds. The van der Waals surface area contributed by atoms with Gasteiger partial charge in [0.25, 0.3) is 5.91 Å². The summed E-state index contributed by atoms with van der Waals surface area (Å²) >= 11 is 1.17. The molecule has 4 heterocycles. The van der Waals surface area contributed by atoms with Crippen LogP contribution in [0, 0.1) is 0 Å². The zero-order chi connectivity index (χ0) is 29.6. The van der Waals surface area contributed by atoms with Crippen molar-refractivity contribution in [3.8, 4) is 11.6 Å². The topological polar surface area (TPSA) is 192 Å². The Morgan fingerprint density at radius 3 is 2.79 bits per heavy atom. The number of aromatic nitrogens is 3. The number of rotatable bonds is 6. The van der Waals surface area contributed by atoms with E-state index in [1.54, 1.807) is 41.3 Å². The highest BCUT2D eigenvalue weighted by molar-refractivity contribution is 7.21. The normalized spacial score (nSPS) is 21.7. The first-order valence-corrected chi connectivity index (χ1v) is 14.1. The van der Waals surface area contributed by atoms with E-state index in [0.717, 1.165) is 6.42 Å². The van der Waals surface area contributed by atoms with Crippen LogP contribution in [0.1, 0.15) is 45.4 Å². The van der Waals surface area contributed by atoms with Crippen LogP contribution in [0.15, 0.2) is 61.4 Å². The summed E-state index contributed by atoms with van der Waals surface area (Å²) in [7, 11) is 0. The van der Waals surface area contributed by atoms with Gasteiger partial charge in [0.1, 0.15) is 11.3 Å². The molecule has 1 aliphatic heterocycles. The first-order valence-electron chi connectivity index (χ1n) is 13.3. The van der Waals surface area contributed by atoms with Crippen molar-refractivity contribution >= 4 is 44.7 Å². The summed E-state index contributed by atoms with van der Waals surface area (Å²) in [6.07, 6.45) is 5.69. The highest BCUT2D eigenvalue weighted by Gasteiger charge is 2.49. The van der Waals surface area contributed by atoms with Crippen LogP contribution < -0.4 is 27.3 Å². The van der Waals surface area contributed by atoms with Gasteiger partial charge in [-0.25, -0.2) is 0 Å². The van der Waals surface area contributed by atoms with Crippen LogP contribution in [-0.2, 0) is 15.1 Å². The van der Waals surface area contributed by atoms with Gasteiger partial charge in [0.2, 0.25) is 11.8 Å². The number of likely N-dealkylation sites (tertiary alicyclic amines) is 1. The Morgan fingerprint density at radius 1 is 1.24 bits per heavy atom. The number of ketones is 1. The van der Waals surface area contributed by atoms with Gasteiger partial charge in [0, 0.05) is 48.0 Å². The Balaban J connectivity index is 1.36. The van der Waals surface area contributed by atoms with E-state index in [2.05, 4.69) is 27.1 Å². The number of hydrogen-bond acceptors (Lipinski definition) is 11. The standard InChI is InChI=1S/C29H28N8O4S/c1-2-21(38)37-12-4-5-15(14-37)35-28(40)26-23-22-17(8-9-18(30)25(22)42-26)29(32,27(39)24(23)31)19-10-7-16(13-33-19)41-20-6-3-11-34-36-20/h2-3,6-11,13,15,24H,1,4-5,12,14,30-32H2,(H,35,40). The molecule has 214 valence electrons. The molecule has 13 heteroatoms. The Bertz CT molecular complexity index is 1730. The van der Waals surface area contributed by atoms with Crippen molar-refractivity contribution in [3.05, 3.63) is 83.1 Å². The molecule has 6 rings (SSSR count). The number of piperidine rings is 1. The molecule has 3 unspecified atom stereocenters. The Hall–Kier alpha value is -4.72. The van der Waals surface area contributed by atoms with Crippen molar-refractivity contribution < 1.29 is 19.1 Å². The molecule has 4 aromatic rings. The van der Waals surface area contributed by atoms with Crippen LogP contribution in [-0.4, -0.2) is 56.8 Å². The molecular weight excluding hydrogens is 556 g/mol. The summed E-state index contributed by atoms with van der Waals surface area (Å²) in [6.45, 7) is 4.52. The van der Waals surface area contributed by atoms with Gasteiger partial charge in [-0.1, -0.05) is 12.6 Å². The summed E-state index contributed by atoms with van der Waals surface area (Å²) in [5.41, 5.74) is 19.6. The molecule has 7 N–H and O–H groups in total. The monoisotopic (exact) mass is 584 g/mol. The first kappa shape index (κ1) is 27.4. The fourth-order valence-corrected chi connectivity index (χ4v) is 6.83. The molecule has 42 heavy (non-hydrogen) atoms. The summed E-state index contributed by atoms with van der Waals surface area (Å²) in [5.74, 6) is -0.413. The average molecular weight is 585 g/mol. The van der Waals surface area contributed by atoms with Crippen LogP contribution in [0.2, 0.25) is 0 Å². The number of carbonyl (C=O) groups is 3. The number of benzene rings is 1. The van der Waals surface area contributed by atoms with E-state index in [0.29, 0.717) is 57.0 Å². The molecular formula is C29H28N8O4S. The van der Waals surface area contributed by atoms with E-state index in [1.807, 2.05) is 0 Å². The van der Waals surface area contributed by atoms with Crippen molar-refractivity contribution in [1.29, 1.82) is 0 Å². The van der Waals surface area contributed by atoms with E-state index >= 15 is 0 Å². The molecule has 0 saturated carbocycles. The molecule has 0 bridgehead atoms. The second-order valence-corrected chi connectivity index (χ2v) is 11.3. The smallest absolute Gasteiger partial charge is 0.262 e. The number of hydrogen-bond donors (Lipinski definition) is 4. The molecule has 1 aromatic carbocycles. The van der Waals surface area contributed by atoms with Gasteiger partial charge in [0.15, 0.2) is 5.78 Å². The maximum atomic E-state index is 14.0. The van der Waals surface area contributed by atoms with E-state index < -0.39 is 17.4 Å². The minimum absolute atomic E-state index is 0.183. The van der Waals surface area contributed by atoms with Gasteiger partial charge in [-0.05, 0) is 48.7 Å². The average Bonchev–Trinajstić information content (AvgIpc) is 3.42. The largest absolute Gasteiger partial charge is 0.436 e. The number of nitrogens with zero attached hydrogens (tertiary/aromatic N) is 4. The fraction of sp³-hybridized carbons (Fsp3) is 0.241. The molecule has 3 aromatic heterocycles. The first-order chi connectivity index (χ1) is 20.2. The summed E-state index contributed by atoms with van der Waals surface area (Å²) in [6, 6.07) is 8.45. The summed E-state index contributed by atoms with van der Waals surface area (Å²) in [5, 5.41) is 11.3. The van der Waals surface area contributed by atoms with Gasteiger partial charge < -0.3 is 32.2 Å². The molecule has 1 saturated heterocycles. The third-order valence-corrected chi connectivity index (χ3v) is 8.93. The Morgan fingerprint density at radius 2 is 2.07 bits per heavy atom. The molecule has 12 nitrogen and oxygen atoms in total. The van der Waals surface area contributed by atoms with Crippen molar-refractivity contribution in [2.45, 2.75) is 30.5 Å². The molecule has 3 atom stereocenters. The molecule has 1 aliphatic carbocycles. The molecule has 0 spiro atoms. The highest BCUT2D eigenvalue weighted by atomic mass is 32.1. The lowest BCUT2D eigenvalue weighted by Gasteiger charge is -2.36. The lowest BCUT2D eigenvalue weighted by atomic mass is 9.72. The van der Waals surface area contributed by atoms with E-state index in [-0.39, 0.29) is 29.4 Å². The van der Waals surface area contributed by atoms with Crippen LogP contribution in [0.3, 0.4) is 0 Å². The van der Waals surface area contributed by atoms with Crippen LogP contribution in [0.5, 0.6) is 11.6 Å². The highest BCUT2D eigenvalue weighted by Crippen LogP contribution is 2.49. The van der Waals surface area contributed by atoms with Crippen LogP contribution >= 0.6 is 11.3 Å². The number of anilines is 1. The summed E-state index contributed by atoms with van der Waals surface area (Å²) < 4.78 is 6.29. The number of amides is 2. The number of nitrogens with two attached hydrogens (primary N) is 3.